The summed E-state index contributed by atoms with van der Waals surface area (Å²) in [5.41, 5.74) is 1.10. The smallest absolute Gasteiger partial charge is 0.243 e. The summed E-state index contributed by atoms with van der Waals surface area (Å²) < 4.78 is 30.2. The van der Waals surface area contributed by atoms with E-state index in [9.17, 15) is 8.42 Å². The number of benzene rings is 3. The van der Waals surface area contributed by atoms with Gasteiger partial charge in [0.15, 0.2) is 0 Å². The van der Waals surface area contributed by atoms with Gasteiger partial charge in [-0.05, 0) is 41.7 Å². The van der Waals surface area contributed by atoms with Crippen LogP contribution in [0.2, 0.25) is 0 Å². The summed E-state index contributed by atoms with van der Waals surface area (Å²) in [5.74, 6) is 1.39. The summed E-state index contributed by atoms with van der Waals surface area (Å²) in [4.78, 5) is 4.91. The molecule has 0 unspecified atom stereocenters. The lowest BCUT2D eigenvalue weighted by Gasteiger charge is -2.31. The first-order valence-corrected chi connectivity index (χ1v) is 12.1. The zero-order valence-corrected chi connectivity index (χ0v) is 18.1. The van der Waals surface area contributed by atoms with E-state index in [2.05, 4.69) is 21.7 Å². The molecule has 0 bridgehead atoms. The van der Waals surface area contributed by atoms with Crippen molar-refractivity contribution in [2.45, 2.75) is 24.3 Å². The molecule has 0 spiro atoms. The van der Waals surface area contributed by atoms with Gasteiger partial charge in [-0.25, -0.2) is 13.4 Å². The minimum atomic E-state index is -3.48. The molecular formula is C25H25N3O2S. The van der Waals surface area contributed by atoms with Gasteiger partial charge >= 0.3 is 0 Å². The molecule has 0 aliphatic carbocycles. The minimum absolute atomic E-state index is 0.380. The van der Waals surface area contributed by atoms with Crippen LogP contribution in [-0.2, 0) is 16.6 Å². The monoisotopic (exact) mass is 431 g/mol. The van der Waals surface area contributed by atoms with Crippen molar-refractivity contribution in [2.75, 3.05) is 13.1 Å². The Labute approximate surface area is 183 Å². The molecule has 0 radical (unpaired) electrons. The molecule has 0 N–H and O–H groups in total. The first-order valence-electron chi connectivity index (χ1n) is 10.7. The van der Waals surface area contributed by atoms with Crippen LogP contribution in [0.1, 0.15) is 12.8 Å². The summed E-state index contributed by atoms with van der Waals surface area (Å²) in [6.45, 7) is 1.96. The third-order valence-corrected chi connectivity index (χ3v) is 8.03. The van der Waals surface area contributed by atoms with E-state index in [1.54, 1.807) is 16.4 Å². The molecule has 1 aliphatic heterocycles. The standard InChI is InChI=1S/C25H25N3O2S/c29-31(30,24-11-10-21-6-4-5-9-23(21)18-24)28-15-12-20(13-16-28)19-27-17-14-26-25(27)22-7-2-1-3-8-22/h1-11,14,17-18,20H,12-13,15-16,19H2. The van der Waals surface area contributed by atoms with Gasteiger partial charge in [-0.1, -0.05) is 60.7 Å². The van der Waals surface area contributed by atoms with E-state index in [4.69, 9.17) is 0 Å². The number of imidazole rings is 1. The molecule has 1 fully saturated rings. The largest absolute Gasteiger partial charge is 0.331 e. The second-order valence-electron chi connectivity index (χ2n) is 8.13. The molecule has 1 saturated heterocycles. The molecule has 3 aromatic carbocycles. The quantitative estimate of drug-likeness (QED) is 0.456. The first kappa shape index (κ1) is 20.0. The van der Waals surface area contributed by atoms with Gasteiger partial charge in [-0.2, -0.15) is 4.31 Å². The SMILES string of the molecule is O=S(=O)(c1ccc2ccccc2c1)N1CCC(Cn2ccnc2-c2ccccc2)CC1. The summed E-state index contributed by atoms with van der Waals surface area (Å²) in [5, 5.41) is 2.00. The number of hydrogen-bond donors (Lipinski definition) is 0. The van der Waals surface area contributed by atoms with Crippen molar-refractivity contribution < 1.29 is 8.42 Å². The van der Waals surface area contributed by atoms with Crippen LogP contribution in [0.4, 0.5) is 0 Å². The fourth-order valence-electron chi connectivity index (χ4n) is 4.39. The van der Waals surface area contributed by atoms with Gasteiger partial charge in [0.1, 0.15) is 5.82 Å². The summed E-state index contributed by atoms with van der Waals surface area (Å²) >= 11 is 0. The molecule has 31 heavy (non-hydrogen) atoms. The number of piperidine rings is 1. The number of hydrogen-bond acceptors (Lipinski definition) is 3. The van der Waals surface area contributed by atoms with Crippen molar-refractivity contribution in [3.8, 4) is 11.4 Å². The Morgan fingerprint density at radius 2 is 1.58 bits per heavy atom. The van der Waals surface area contributed by atoms with E-state index < -0.39 is 10.0 Å². The van der Waals surface area contributed by atoms with Gasteiger partial charge < -0.3 is 4.57 Å². The van der Waals surface area contributed by atoms with E-state index in [0.717, 1.165) is 41.5 Å². The van der Waals surface area contributed by atoms with Crippen LogP contribution in [0.3, 0.4) is 0 Å². The van der Waals surface area contributed by atoms with E-state index in [1.807, 2.05) is 60.9 Å². The highest BCUT2D eigenvalue weighted by atomic mass is 32.2. The second kappa shape index (κ2) is 8.29. The summed E-state index contributed by atoms with van der Waals surface area (Å²) in [7, 11) is -3.48. The molecule has 158 valence electrons. The maximum Gasteiger partial charge on any atom is 0.243 e. The third-order valence-electron chi connectivity index (χ3n) is 6.13. The van der Waals surface area contributed by atoms with Gasteiger partial charge in [-0.3, -0.25) is 0 Å². The van der Waals surface area contributed by atoms with Crippen LogP contribution < -0.4 is 0 Å². The number of fused-ring (bicyclic) bond motifs is 1. The Morgan fingerprint density at radius 1 is 0.871 bits per heavy atom. The van der Waals surface area contributed by atoms with Crippen molar-refractivity contribution in [1.82, 2.24) is 13.9 Å². The van der Waals surface area contributed by atoms with Crippen LogP contribution in [-0.4, -0.2) is 35.4 Å². The highest BCUT2D eigenvalue weighted by Gasteiger charge is 2.30. The molecule has 4 aromatic rings. The van der Waals surface area contributed by atoms with Crippen molar-refractivity contribution in [3.63, 3.8) is 0 Å². The molecule has 1 aliphatic rings. The van der Waals surface area contributed by atoms with Crippen LogP contribution in [0, 0.1) is 5.92 Å². The number of aromatic nitrogens is 2. The predicted octanol–water partition coefficient (Wildman–Crippen LogP) is 4.80. The summed E-state index contributed by atoms with van der Waals surface area (Å²) in [6.07, 6.45) is 5.54. The fraction of sp³-hybridized carbons (Fsp3) is 0.240. The predicted molar refractivity (Wildman–Crippen MR) is 123 cm³/mol. The molecule has 1 aromatic heterocycles. The Hall–Kier alpha value is -2.96. The maximum atomic E-state index is 13.2. The average molecular weight is 432 g/mol. The van der Waals surface area contributed by atoms with Gasteiger partial charge in [0.2, 0.25) is 10.0 Å². The van der Waals surface area contributed by atoms with Crippen molar-refractivity contribution in [1.29, 1.82) is 0 Å². The zero-order valence-electron chi connectivity index (χ0n) is 17.3. The van der Waals surface area contributed by atoms with Crippen LogP contribution in [0.25, 0.3) is 22.2 Å². The Bertz CT molecular complexity index is 1290. The third kappa shape index (κ3) is 4.01. The topological polar surface area (TPSA) is 55.2 Å². The molecule has 5 nitrogen and oxygen atoms in total. The second-order valence-corrected chi connectivity index (χ2v) is 10.1. The zero-order chi connectivity index (χ0) is 21.3. The Balaban J connectivity index is 1.28. The lowest BCUT2D eigenvalue weighted by Crippen LogP contribution is -2.39. The van der Waals surface area contributed by atoms with E-state index in [-0.39, 0.29) is 0 Å². The minimum Gasteiger partial charge on any atom is -0.331 e. The first-order chi connectivity index (χ1) is 15.1. The highest BCUT2D eigenvalue weighted by molar-refractivity contribution is 7.89. The highest BCUT2D eigenvalue weighted by Crippen LogP contribution is 2.28. The summed E-state index contributed by atoms with van der Waals surface area (Å²) in [6, 6.07) is 23.4. The number of sulfonamides is 1. The van der Waals surface area contributed by atoms with Gasteiger partial charge in [0, 0.05) is 37.6 Å². The van der Waals surface area contributed by atoms with Crippen LogP contribution in [0.15, 0.2) is 90.1 Å². The van der Waals surface area contributed by atoms with Crippen molar-refractivity contribution >= 4 is 20.8 Å². The lowest BCUT2D eigenvalue weighted by molar-refractivity contribution is 0.253. The molecule has 6 heteroatoms. The fourth-order valence-corrected chi connectivity index (χ4v) is 5.90. The van der Waals surface area contributed by atoms with Crippen LogP contribution in [0.5, 0.6) is 0 Å². The molecule has 0 saturated carbocycles. The number of nitrogens with zero attached hydrogens (tertiary/aromatic N) is 3. The van der Waals surface area contributed by atoms with Gasteiger partial charge in [0.25, 0.3) is 0 Å². The Kier molecular flexibility index (Phi) is 5.34. The van der Waals surface area contributed by atoms with E-state index >= 15 is 0 Å². The van der Waals surface area contributed by atoms with E-state index in [0.29, 0.717) is 23.9 Å². The Morgan fingerprint density at radius 3 is 2.35 bits per heavy atom. The van der Waals surface area contributed by atoms with Crippen LogP contribution >= 0.6 is 0 Å². The van der Waals surface area contributed by atoms with Crippen molar-refractivity contribution in [2.24, 2.45) is 5.92 Å². The molecule has 0 atom stereocenters. The van der Waals surface area contributed by atoms with Gasteiger partial charge in [-0.15, -0.1) is 0 Å². The normalized spacial score (nSPS) is 16.0. The molecule has 2 heterocycles. The van der Waals surface area contributed by atoms with Gasteiger partial charge in [0.05, 0.1) is 4.90 Å². The lowest BCUT2D eigenvalue weighted by atomic mass is 9.98. The molecule has 5 rings (SSSR count). The molecule has 0 amide bonds. The van der Waals surface area contributed by atoms with Crippen molar-refractivity contribution in [3.05, 3.63) is 85.2 Å². The molecular weight excluding hydrogens is 406 g/mol. The maximum absolute atomic E-state index is 13.2. The van der Waals surface area contributed by atoms with E-state index in [1.165, 1.54) is 0 Å². The number of rotatable bonds is 5. The average Bonchev–Trinajstić information content (AvgIpc) is 3.28.